The fourth-order valence-corrected chi connectivity index (χ4v) is 3.58. The van der Waals surface area contributed by atoms with Gasteiger partial charge in [0.1, 0.15) is 5.75 Å². The van der Waals surface area contributed by atoms with Crippen LogP contribution in [0.5, 0.6) is 11.6 Å². The monoisotopic (exact) mass is 439 g/mol. The van der Waals surface area contributed by atoms with Crippen molar-refractivity contribution >= 4 is 11.6 Å². The second-order valence-electron chi connectivity index (χ2n) is 7.94. The van der Waals surface area contributed by atoms with E-state index in [2.05, 4.69) is 18.4 Å². The van der Waals surface area contributed by atoms with Crippen molar-refractivity contribution < 1.29 is 9.84 Å². The molecule has 1 aromatic heterocycles. The molecule has 6 heteroatoms. The smallest absolute Gasteiger partial charge is 0.227 e. The van der Waals surface area contributed by atoms with Gasteiger partial charge in [0.25, 0.3) is 0 Å². The molecule has 3 aromatic rings. The summed E-state index contributed by atoms with van der Waals surface area (Å²) in [5.41, 5.74) is 1.80. The zero-order valence-electron chi connectivity index (χ0n) is 18.4. The van der Waals surface area contributed by atoms with Crippen LogP contribution in [0.4, 0.5) is 0 Å². The van der Waals surface area contributed by atoms with Crippen LogP contribution in [0, 0.1) is 6.92 Å². The third-order valence-corrected chi connectivity index (χ3v) is 5.32. The molecular formula is C25H30ClN3O2. The molecule has 3 rings (SSSR count). The van der Waals surface area contributed by atoms with Crippen LogP contribution in [-0.2, 0) is 6.54 Å². The number of benzene rings is 2. The number of nitrogens with zero attached hydrogens (tertiary/aromatic N) is 3. The Kier molecular flexibility index (Phi) is 7.55. The zero-order valence-corrected chi connectivity index (χ0v) is 19.1. The molecule has 0 aliphatic heterocycles. The molecule has 0 amide bonds. The standard InChI is InChI=1S/C25H30ClN3O2/c1-5-16-28(18-25(4,30)6-2)17-23-19(3)27-29(21-10-8-7-9-11-21)24(23)31-22-14-12-20(26)13-15-22/h6-15,30H,2,5,16-18H2,1,3-4H3/t25-/m1/s1. The average molecular weight is 440 g/mol. The number of aryl methyl sites for hydroxylation is 1. The van der Waals surface area contributed by atoms with Gasteiger partial charge in [0.2, 0.25) is 5.88 Å². The Morgan fingerprint density at radius 2 is 1.87 bits per heavy atom. The fraction of sp³-hybridized carbons (Fsp3) is 0.320. The molecule has 0 spiro atoms. The fourth-order valence-electron chi connectivity index (χ4n) is 3.45. The Morgan fingerprint density at radius 3 is 2.48 bits per heavy atom. The molecule has 0 saturated carbocycles. The van der Waals surface area contributed by atoms with E-state index in [1.54, 1.807) is 25.1 Å². The number of para-hydroxylation sites is 1. The van der Waals surface area contributed by atoms with E-state index in [4.69, 9.17) is 21.4 Å². The third-order valence-electron chi connectivity index (χ3n) is 5.07. The number of hydrogen-bond donors (Lipinski definition) is 1. The molecule has 31 heavy (non-hydrogen) atoms. The van der Waals surface area contributed by atoms with Crippen molar-refractivity contribution in [3.05, 3.63) is 83.5 Å². The minimum absolute atomic E-state index is 0.473. The second kappa shape index (κ2) is 10.1. The van der Waals surface area contributed by atoms with Gasteiger partial charge in [0.05, 0.1) is 22.5 Å². The van der Waals surface area contributed by atoms with Crippen LogP contribution in [-0.4, -0.2) is 38.5 Å². The van der Waals surface area contributed by atoms with Crippen LogP contribution in [0.2, 0.25) is 5.02 Å². The maximum absolute atomic E-state index is 10.6. The lowest BCUT2D eigenvalue weighted by atomic mass is 10.1. The molecule has 1 atom stereocenters. The summed E-state index contributed by atoms with van der Waals surface area (Å²) in [6, 6.07) is 17.2. The number of halogens is 1. The molecule has 2 aromatic carbocycles. The van der Waals surface area contributed by atoms with Crippen molar-refractivity contribution in [2.45, 2.75) is 39.3 Å². The van der Waals surface area contributed by atoms with E-state index >= 15 is 0 Å². The first kappa shape index (κ1) is 23.1. The summed E-state index contributed by atoms with van der Waals surface area (Å²) in [5, 5.41) is 16.0. The van der Waals surface area contributed by atoms with E-state index in [0.717, 1.165) is 29.9 Å². The van der Waals surface area contributed by atoms with E-state index in [1.165, 1.54) is 0 Å². The van der Waals surface area contributed by atoms with Crippen molar-refractivity contribution in [1.29, 1.82) is 0 Å². The molecule has 0 aliphatic rings. The average Bonchev–Trinajstić information content (AvgIpc) is 3.05. The Balaban J connectivity index is 2.02. The van der Waals surface area contributed by atoms with Crippen LogP contribution in [0.1, 0.15) is 31.5 Å². The Morgan fingerprint density at radius 1 is 1.19 bits per heavy atom. The zero-order chi connectivity index (χ0) is 22.4. The predicted octanol–water partition coefficient (Wildman–Crippen LogP) is 5.78. The van der Waals surface area contributed by atoms with Crippen LogP contribution < -0.4 is 4.74 Å². The van der Waals surface area contributed by atoms with Gasteiger partial charge in [-0.3, -0.25) is 4.90 Å². The summed E-state index contributed by atoms with van der Waals surface area (Å²) in [5.74, 6) is 1.34. The highest BCUT2D eigenvalue weighted by molar-refractivity contribution is 6.30. The van der Waals surface area contributed by atoms with Crippen molar-refractivity contribution in [3.8, 4) is 17.3 Å². The lowest BCUT2D eigenvalue weighted by molar-refractivity contribution is 0.0584. The van der Waals surface area contributed by atoms with Gasteiger partial charge in [-0.2, -0.15) is 5.10 Å². The lowest BCUT2D eigenvalue weighted by Gasteiger charge is -2.29. The molecule has 1 heterocycles. The van der Waals surface area contributed by atoms with Gasteiger partial charge in [-0.25, -0.2) is 4.68 Å². The molecule has 0 unspecified atom stereocenters. The number of aliphatic hydroxyl groups is 1. The molecule has 0 bridgehead atoms. The minimum Gasteiger partial charge on any atom is -0.439 e. The van der Waals surface area contributed by atoms with E-state index < -0.39 is 5.60 Å². The number of hydrogen-bond acceptors (Lipinski definition) is 4. The van der Waals surface area contributed by atoms with Gasteiger partial charge >= 0.3 is 0 Å². The van der Waals surface area contributed by atoms with Gasteiger partial charge < -0.3 is 9.84 Å². The molecule has 0 aliphatic carbocycles. The molecule has 5 nitrogen and oxygen atoms in total. The highest BCUT2D eigenvalue weighted by Gasteiger charge is 2.25. The summed E-state index contributed by atoms with van der Waals surface area (Å²) in [6.45, 7) is 11.6. The van der Waals surface area contributed by atoms with Crippen LogP contribution in [0.25, 0.3) is 5.69 Å². The third kappa shape index (κ3) is 5.97. The maximum atomic E-state index is 10.6. The Hall–Kier alpha value is -2.60. The first-order valence-electron chi connectivity index (χ1n) is 10.5. The lowest BCUT2D eigenvalue weighted by Crippen LogP contribution is -2.39. The summed E-state index contributed by atoms with van der Waals surface area (Å²) < 4.78 is 8.17. The van der Waals surface area contributed by atoms with Gasteiger partial charge in [0, 0.05) is 18.1 Å². The van der Waals surface area contributed by atoms with Crippen LogP contribution >= 0.6 is 11.6 Å². The highest BCUT2D eigenvalue weighted by Crippen LogP contribution is 2.32. The summed E-state index contributed by atoms with van der Waals surface area (Å²) in [6.07, 6.45) is 2.55. The summed E-state index contributed by atoms with van der Waals surface area (Å²) in [4.78, 5) is 2.20. The van der Waals surface area contributed by atoms with E-state index in [9.17, 15) is 5.11 Å². The SMILES string of the molecule is C=C[C@@](C)(O)CN(CCC)Cc1c(C)nn(-c2ccccc2)c1Oc1ccc(Cl)cc1. The Labute approximate surface area is 189 Å². The van der Waals surface area contributed by atoms with Crippen molar-refractivity contribution in [2.75, 3.05) is 13.1 Å². The van der Waals surface area contributed by atoms with Crippen molar-refractivity contribution in [3.63, 3.8) is 0 Å². The van der Waals surface area contributed by atoms with Gasteiger partial charge in [-0.1, -0.05) is 42.8 Å². The van der Waals surface area contributed by atoms with Crippen LogP contribution in [0.3, 0.4) is 0 Å². The van der Waals surface area contributed by atoms with Gasteiger partial charge in [-0.15, -0.1) is 6.58 Å². The number of ether oxygens (including phenoxy) is 1. The normalized spacial score (nSPS) is 13.2. The van der Waals surface area contributed by atoms with Gasteiger partial charge in [0.15, 0.2) is 0 Å². The first-order valence-corrected chi connectivity index (χ1v) is 10.9. The van der Waals surface area contributed by atoms with E-state index in [1.807, 2.05) is 54.1 Å². The quantitative estimate of drug-likeness (QED) is 0.407. The molecule has 1 N–H and O–H groups in total. The largest absolute Gasteiger partial charge is 0.439 e. The van der Waals surface area contributed by atoms with E-state index in [-0.39, 0.29) is 0 Å². The van der Waals surface area contributed by atoms with Crippen LogP contribution in [0.15, 0.2) is 67.3 Å². The highest BCUT2D eigenvalue weighted by atomic mass is 35.5. The second-order valence-corrected chi connectivity index (χ2v) is 8.38. The van der Waals surface area contributed by atoms with Gasteiger partial charge in [-0.05, 0) is 63.2 Å². The van der Waals surface area contributed by atoms with E-state index in [0.29, 0.717) is 29.7 Å². The first-order chi connectivity index (χ1) is 14.8. The molecule has 164 valence electrons. The molecular weight excluding hydrogens is 410 g/mol. The molecule has 0 fully saturated rings. The number of aromatic nitrogens is 2. The minimum atomic E-state index is -0.976. The number of rotatable bonds is 10. The predicted molar refractivity (Wildman–Crippen MR) is 126 cm³/mol. The molecule has 0 radical (unpaired) electrons. The topological polar surface area (TPSA) is 50.5 Å². The van der Waals surface area contributed by atoms with Crippen molar-refractivity contribution in [1.82, 2.24) is 14.7 Å². The maximum Gasteiger partial charge on any atom is 0.227 e. The summed E-state index contributed by atoms with van der Waals surface area (Å²) in [7, 11) is 0. The molecule has 0 saturated heterocycles. The van der Waals surface area contributed by atoms with Crippen molar-refractivity contribution in [2.24, 2.45) is 0 Å². The Bertz CT molecular complexity index is 998. The summed E-state index contributed by atoms with van der Waals surface area (Å²) >= 11 is 6.04.